The zero-order chi connectivity index (χ0) is 21.1. The van der Waals surface area contributed by atoms with Gasteiger partial charge in [0, 0.05) is 6.61 Å². The number of hydrogen-bond donors (Lipinski definition) is 1. The first-order chi connectivity index (χ1) is 14.4. The molecule has 0 saturated carbocycles. The van der Waals surface area contributed by atoms with E-state index in [0.717, 1.165) is 13.0 Å². The van der Waals surface area contributed by atoms with Crippen molar-refractivity contribution < 1.29 is 38.3 Å². The average Bonchev–Trinajstić information content (AvgIpc) is 2.74. The topological polar surface area (TPSA) is 84.8 Å². The predicted octanol–water partition coefficient (Wildman–Crippen LogP) is 2.09. The zero-order valence-electron chi connectivity index (χ0n) is 17.8. The zero-order valence-corrected chi connectivity index (χ0v) is 20.0. The van der Waals surface area contributed by atoms with Crippen LogP contribution in [0.25, 0.3) is 0 Å². The molecule has 8 nitrogen and oxygen atoms in total. The highest BCUT2D eigenvalue weighted by Gasteiger charge is 1.95. The van der Waals surface area contributed by atoms with Gasteiger partial charge in [0.15, 0.2) is 0 Å². The van der Waals surface area contributed by atoms with E-state index in [-0.39, 0.29) is 6.61 Å². The van der Waals surface area contributed by atoms with E-state index in [0.29, 0.717) is 85.9 Å². The maximum Gasteiger partial charge on any atom is 0.0701 e. The molecule has 1 N–H and O–H groups in total. The maximum absolute atomic E-state index is 8.53. The minimum absolute atomic E-state index is 0.0383. The van der Waals surface area contributed by atoms with Crippen molar-refractivity contribution in [3.8, 4) is 0 Å². The van der Waals surface area contributed by atoms with E-state index in [1.54, 1.807) is 0 Å². The van der Waals surface area contributed by atoms with Crippen molar-refractivity contribution >= 4 is 22.6 Å². The molecule has 0 aliphatic carbocycles. The number of aliphatic hydroxyl groups is 1. The molecule has 0 aromatic rings. The van der Waals surface area contributed by atoms with Gasteiger partial charge in [-0.3, -0.25) is 0 Å². The number of hydrogen-bond acceptors (Lipinski definition) is 8. The van der Waals surface area contributed by atoms with Crippen LogP contribution >= 0.6 is 22.6 Å². The molecule has 176 valence electrons. The van der Waals surface area contributed by atoms with E-state index in [4.69, 9.17) is 38.3 Å². The minimum Gasteiger partial charge on any atom is -0.394 e. The largest absolute Gasteiger partial charge is 0.394 e. The molecule has 0 saturated heterocycles. The number of ether oxygens (including phenoxy) is 7. The molecule has 0 amide bonds. The standard InChI is InChI=1S/C20H41IO8/c21-5-3-1-2-4-7-23-9-11-25-13-15-27-17-19-29-20-18-28-16-14-26-12-10-24-8-6-22/h22H,1-20H2. The van der Waals surface area contributed by atoms with E-state index in [1.165, 1.54) is 23.7 Å². The highest BCUT2D eigenvalue weighted by Crippen LogP contribution is 2.02. The Labute approximate surface area is 190 Å². The van der Waals surface area contributed by atoms with Crippen LogP contribution in [0.4, 0.5) is 0 Å². The van der Waals surface area contributed by atoms with E-state index < -0.39 is 0 Å². The van der Waals surface area contributed by atoms with Gasteiger partial charge in [0.05, 0.1) is 92.5 Å². The van der Waals surface area contributed by atoms with Gasteiger partial charge in [0.25, 0.3) is 0 Å². The maximum atomic E-state index is 8.53. The van der Waals surface area contributed by atoms with Crippen molar-refractivity contribution in [2.45, 2.75) is 25.7 Å². The molecule has 0 rings (SSSR count). The quantitative estimate of drug-likeness (QED) is 0.102. The molecule has 0 bridgehead atoms. The summed E-state index contributed by atoms with van der Waals surface area (Å²) in [7, 11) is 0. The lowest BCUT2D eigenvalue weighted by Crippen LogP contribution is -2.14. The fourth-order valence-corrected chi connectivity index (χ4v) is 2.68. The van der Waals surface area contributed by atoms with Crippen LogP contribution < -0.4 is 0 Å². The molecule has 0 aliphatic heterocycles. The summed E-state index contributed by atoms with van der Waals surface area (Å²) in [5, 5.41) is 8.53. The molecular weight excluding hydrogens is 495 g/mol. The van der Waals surface area contributed by atoms with Crippen LogP contribution in [-0.4, -0.2) is 109 Å². The highest BCUT2D eigenvalue weighted by molar-refractivity contribution is 14.1. The van der Waals surface area contributed by atoms with Crippen molar-refractivity contribution in [1.82, 2.24) is 0 Å². The van der Waals surface area contributed by atoms with Gasteiger partial charge < -0.3 is 38.3 Å². The van der Waals surface area contributed by atoms with Crippen molar-refractivity contribution in [2.24, 2.45) is 0 Å². The van der Waals surface area contributed by atoms with Crippen LogP contribution in [0.3, 0.4) is 0 Å². The lowest BCUT2D eigenvalue weighted by atomic mass is 10.2. The Bertz CT molecular complexity index is 261. The van der Waals surface area contributed by atoms with Crippen molar-refractivity contribution in [3.05, 3.63) is 0 Å². The third kappa shape index (κ3) is 28.4. The van der Waals surface area contributed by atoms with E-state index >= 15 is 0 Å². The molecule has 0 spiro atoms. The summed E-state index contributed by atoms with van der Waals surface area (Å²) in [5.41, 5.74) is 0. The second-order valence-electron chi connectivity index (χ2n) is 6.11. The predicted molar refractivity (Wildman–Crippen MR) is 120 cm³/mol. The van der Waals surface area contributed by atoms with Gasteiger partial charge in [0.1, 0.15) is 0 Å². The van der Waals surface area contributed by atoms with Gasteiger partial charge in [-0.1, -0.05) is 35.4 Å². The Hall–Kier alpha value is 0.410. The molecule has 29 heavy (non-hydrogen) atoms. The summed E-state index contributed by atoms with van der Waals surface area (Å²) in [6, 6.07) is 0. The highest BCUT2D eigenvalue weighted by atomic mass is 127. The molecule has 0 unspecified atom stereocenters. The monoisotopic (exact) mass is 536 g/mol. The van der Waals surface area contributed by atoms with Crippen LogP contribution in [0, 0.1) is 0 Å². The first-order valence-electron chi connectivity index (χ1n) is 10.6. The molecule has 9 heteroatoms. The van der Waals surface area contributed by atoms with Gasteiger partial charge in [-0.05, 0) is 17.3 Å². The number of rotatable bonds is 26. The Kier molecular flexibility index (Phi) is 28.8. The summed E-state index contributed by atoms with van der Waals surface area (Å²) in [6.45, 7) is 7.83. The van der Waals surface area contributed by atoms with E-state index in [2.05, 4.69) is 22.6 Å². The van der Waals surface area contributed by atoms with E-state index in [9.17, 15) is 0 Å². The second-order valence-corrected chi connectivity index (χ2v) is 7.19. The Morgan fingerprint density at radius 3 is 1.03 bits per heavy atom. The molecule has 0 aromatic carbocycles. The lowest BCUT2D eigenvalue weighted by Gasteiger charge is -2.08. The van der Waals surface area contributed by atoms with Crippen molar-refractivity contribution in [2.75, 3.05) is 104 Å². The van der Waals surface area contributed by atoms with Crippen molar-refractivity contribution in [1.29, 1.82) is 0 Å². The van der Waals surface area contributed by atoms with Gasteiger partial charge in [-0.15, -0.1) is 0 Å². The minimum atomic E-state index is 0.0383. The van der Waals surface area contributed by atoms with E-state index in [1.807, 2.05) is 0 Å². The van der Waals surface area contributed by atoms with Gasteiger partial charge >= 0.3 is 0 Å². The van der Waals surface area contributed by atoms with Crippen LogP contribution in [-0.2, 0) is 33.2 Å². The molecule has 0 aliphatic rings. The number of alkyl halides is 1. The summed E-state index contributed by atoms with van der Waals surface area (Å²) < 4.78 is 38.8. The number of aliphatic hydroxyl groups excluding tert-OH is 1. The van der Waals surface area contributed by atoms with Crippen LogP contribution in [0.15, 0.2) is 0 Å². The van der Waals surface area contributed by atoms with Gasteiger partial charge in [0.2, 0.25) is 0 Å². The second kappa shape index (κ2) is 28.4. The Morgan fingerprint density at radius 2 is 0.690 bits per heavy atom. The van der Waals surface area contributed by atoms with Gasteiger partial charge in [-0.2, -0.15) is 0 Å². The first-order valence-corrected chi connectivity index (χ1v) is 12.2. The summed E-state index contributed by atoms with van der Waals surface area (Å²) in [6.07, 6.45) is 5.00. The third-order valence-electron chi connectivity index (χ3n) is 3.64. The van der Waals surface area contributed by atoms with Gasteiger partial charge in [-0.25, -0.2) is 0 Å². The Morgan fingerprint density at radius 1 is 0.379 bits per heavy atom. The molecule has 0 aromatic heterocycles. The SMILES string of the molecule is OCCOCCOCCOCCOCCOCCOCCOCCCCCCI. The third-order valence-corrected chi connectivity index (χ3v) is 4.40. The normalized spacial score (nSPS) is 11.4. The van der Waals surface area contributed by atoms with Crippen LogP contribution in [0.1, 0.15) is 25.7 Å². The fourth-order valence-electron chi connectivity index (χ4n) is 2.14. The molecule has 0 fully saturated rings. The summed E-state index contributed by atoms with van der Waals surface area (Å²) in [4.78, 5) is 0. The summed E-state index contributed by atoms with van der Waals surface area (Å²) >= 11 is 2.42. The molecular formula is C20H41IO8. The lowest BCUT2D eigenvalue weighted by molar-refractivity contribution is -0.0215. The molecule has 0 heterocycles. The average molecular weight is 536 g/mol. The smallest absolute Gasteiger partial charge is 0.0701 e. The van der Waals surface area contributed by atoms with Crippen LogP contribution in [0.5, 0.6) is 0 Å². The number of halogens is 1. The summed E-state index contributed by atoms with van der Waals surface area (Å²) in [5.74, 6) is 0. The first kappa shape index (κ1) is 29.4. The van der Waals surface area contributed by atoms with Crippen molar-refractivity contribution in [3.63, 3.8) is 0 Å². The van der Waals surface area contributed by atoms with Crippen LogP contribution in [0.2, 0.25) is 0 Å². The fraction of sp³-hybridized carbons (Fsp3) is 1.00. The molecule has 0 radical (unpaired) electrons. The molecule has 0 atom stereocenters. The number of unbranched alkanes of at least 4 members (excludes halogenated alkanes) is 3. The Balaban J connectivity index is 2.97.